The highest BCUT2D eigenvalue weighted by Crippen LogP contribution is 2.38. The van der Waals surface area contributed by atoms with Gasteiger partial charge in [-0.05, 0) is 11.6 Å². The van der Waals surface area contributed by atoms with Crippen molar-refractivity contribution in [3.05, 3.63) is 12.2 Å². The highest BCUT2D eigenvalue weighted by Gasteiger charge is 2.55. The second kappa shape index (κ2) is 3.77. The third kappa shape index (κ3) is 2.30. The van der Waals surface area contributed by atoms with E-state index in [-0.39, 0.29) is 0 Å². The molecule has 0 heterocycles. The number of hydrogen-bond donors (Lipinski definition) is 2. The summed E-state index contributed by atoms with van der Waals surface area (Å²) in [5, 5.41) is 13.2. The summed E-state index contributed by atoms with van der Waals surface area (Å²) < 4.78 is 25.0. The van der Waals surface area contributed by atoms with Gasteiger partial charge in [-0.2, -0.15) is 8.78 Å². The van der Waals surface area contributed by atoms with Crippen molar-refractivity contribution in [3.8, 4) is 0 Å². The van der Waals surface area contributed by atoms with Crippen LogP contribution in [0.1, 0.15) is 0 Å². The SMILES string of the molecule is C=C(C(=O)O)C(O)(CCl)C(F)(F)Cl. The van der Waals surface area contributed by atoms with Gasteiger partial charge in [-0.3, -0.25) is 0 Å². The van der Waals surface area contributed by atoms with E-state index >= 15 is 0 Å². The monoisotopic (exact) mass is 234 g/mol. The molecule has 0 rings (SSSR count). The lowest BCUT2D eigenvalue weighted by molar-refractivity contribution is -0.141. The van der Waals surface area contributed by atoms with E-state index in [9.17, 15) is 13.6 Å². The molecule has 76 valence electrons. The first kappa shape index (κ1) is 12.6. The smallest absolute Gasteiger partial charge is 0.355 e. The first-order valence-electron chi connectivity index (χ1n) is 2.94. The van der Waals surface area contributed by atoms with Crippen LogP contribution in [0.5, 0.6) is 0 Å². The van der Waals surface area contributed by atoms with Crippen LogP contribution < -0.4 is 0 Å². The number of rotatable bonds is 4. The van der Waals surface area contributed by atoms with Crippen LogP contribution in [0, 0.1) is 0 Å². The number of carboxylic acid groups (broad SMARTS) is 1. The zero-order valence-corrected chi connectivity index (χ0v) is 7.74. The molecule has 0 aromatic heterocycles. The molecule has 0 aliphatic heterocycles. The van der Waals surface area contributed by atoms with E-state index in [2.05, 4.69) is 18.2 Å². The topological polar surface area (TPSA) is 57.5 Å². The maximum absolute atomic E-state index is 12.5. The Morgan fingerprint density at radius 3 is 2.00 bits per heavy atom. The largest absolute Gasteiger partial charge is 0.478 e. The Labute approximate surface area is 82.6 Å². The van der Waals surface area contributed by atoms with Crippen molar-refractivity contribution < 1.29 is 23.8 Å². The average Bonchev–Trinajstić information content (AvgIpc) is 1.99. The molecule has 0 saturated carbocycles. The van der Waals surface area contributed by atoms with Crippen LogP contribution in [0.15, 0.2) is 12.2 Å². The van der Waals surface area contributed by atoms with Gasteiger partial charge in [-0.15, -0.1) is 11.6 Å². The summed E-state index contributed by atoms with van der Waals surface area (Å²) >= 11 is 9.48. The lowest BCUT2D eigenvalue weighted by Crippen LogP contribution is -2.49. The summed E-state index contributed by atoms with van der Waals surface area (Å²) in [6.07, 6.45) is 0. The molecule has 0 amide bonds. The normalized spacial score (nSPS) is 16.4. The van der Waals surface area contributed by atoms with Crippen LogP contribution in [0.2, 0.25) is 0 Å². The summed E-state index contributed by atoms with van der Waals surface area (Å²) in [6.45, 7) is 2.77. The van der Waals surface area contributed by atoms with Crippen molar-refractivity contribution in [3.63, 3.8) is 0 Å². The van der Waals surface area contributed by atoms with Gasteiger partial charge < -0.3 is 10.2 Å². The fourth-order valence-corrected chi connectivity index (χ4v) is 1.08. The minimum absolute atomic E-state index is 1.06. The highest BCUT2D eigenvalue weighted by atomic mass is 35.5. The van der Waals surface area contributed by atoms with Crippen molar-refractivity contribution in [1.29, 1.82) is 0 Å². The molecule has 1 atom stereocenters. The summed E-state index contributed by atoms with van der Waals surface area (Å²) in [5.74, 6) is -2.85. The van der Waals surface area contributed by atoms with Gasteiger partial charge in [0.05, 0.1) is 11.5 Å². The van der Waals surface area contributed by atoms with Gasteiger partial charge in [0.25, 0.3) is 0 Å². The number of hydrogen-bond acceptors (Lipinski definition) is 2. The van der Waals surface area contributed by atoms with E-state index in [0.717, 1.165) is 0 Å². The third-order valence-corrected chi connectivity index (χ3v) is 2.12. The number of carbonyl (C=O) groups is 1. The standard InChI is InChI=1S/C6H6Cl2F2O3/c1-3(4(11)12)5(13,2-7)6(8,9)10/h13H,1-2H2,(H,11,12). The summed E-state index contributed by atoms with van der Waals surface area (Å²) in [6, 6.07) is 0. The Kier molecular flexibility index (Phi) is 3.66. The average molecular weight is 235 g/mol. The molecule has 13 heavy (non-hydrogen) atoms. The minimum Gasteiger partial charge on any atom is -0.478 e. The number of halogens is 4. The molecule has 0 spiro atoms. The zero-order valence-electron chi connectivity index (χ0n) is 6.23. The van der Waals surface area contributed by atoms with Gasteiger partial charge >= 0.3 is 11.4 Å². The predicted octanol–water partition coefficient (Wildman–Crippen LogP) is 1.43. The molecular weight excluding hydrogens is 229 g/mol. The van der Waals surface area contributed by atoms with Gasteiger partial charge in [-0.1, -0.05) is 6.58 Å². The lowest BCUT2D eigenvalue weighted by atomic mass is 9.97. The van der Waals surface area contributed by atoms with Crippen LogP contribution in [-0.4, -0.2) is 33.0 Å². The fourth-order valence-electron chi connectivity index (χ4n) is 0.504. The van der Waals surface area contributed by atoms with E-state index in [1.807, 2.05) is 0 Å². The van der Waals surface area contributed by atoms with Gasteiger partial charge in [0, 0.05) is 0 Å². The molecule has 0 fully saturated rings. The number of carboxylic acids is 1. The molecule has 7 heteroatoms. The Morgan fingerprint density at radius 2 is 1.92 bits per heavy atom. The van der Waals surface area contributed by atoms with Crippen molar-refractivity contribution in [2.75, 3.05) is 5.88 Å². The summed E-state index contributed by atoms with van der Waals surface area (Å²) in [7, 11) is 0. The summed E-state index contributed by atoms with van der Waals surface area (Å²) in [4.78, 5) is 10.2. The molecule has 0 radical (unpaired) electrons. The second-order valence-corrected chi connectivity index (χ2v) is 3.02. The molecule has 1 unspecified atom stereocenters. The highest BCUT2D eigenvalue weighted by molar-refractivity contribution is 6.25. The van der Waals surface area contributed by atoms with E-state index < -0.39 is 28.4 Å². The molecule has 0 saturated heterocycles. The first-order chi connectivity index (χ1) is 5.66. The van der Waals surface area contributed by atoms with E-state index in [1.165, 1.54) is 0 Å². The number of alkyl halides is 4. The van der Waals surface area contributed by atoms with Crippen molar-refractivity contribution in [2.45, 2.75) is 11.0 Å². The van der Waals surface area contributed by atoms with E-state index in [4.69, 9.17) is 21.8 Å². The number of aliphatic carboxylic acids is 1. The Hall–Kier alpha value is -0.390. The van der Waals surface area contributed by atoms with Gasteiger partial charge in [0.1, 0.15) is 0 Å². The lowest BCUT2D eigenvalue weighted by Gasteiger charge is -2.29. The zero-order chi connectivity index (χ0) is 10.9. The quantitative estimate of drug-likeness (QED) is 0.572. The molecule has 3 nitrogen and oxygen atoms in total. The van der Waals surface area contributed by atoms with Gasteiger partial charge in [-0.25, -0.2) is 4.79 Å². The molecule has 0 aliphatic rings. The van der Waals surface area contributed by atoms with Crippen LogP contribution >= 0.6 is 23.2 Å². The minimum atomic E-state index is -4.18. The van der Waals surface area contributed by atoms with Crippen LogP contribution in [0.4, 0.5) is 8.78 Å². The Morgan fingerprint density at radius 1 is 1.54 bits per heavy atom. The van der Waals surface area contributed by atoms with Gasteiger partial charge in [0.2, 0.25) is 0 Å². The second-order valence-electron chi connectivity index (χ2n) is 2.28. The maximum atomic E-state index is 12.5. The van der Waals surface area contributed by atoms with Crippen molar-refractivity contribution in [2.24, 2.45) is 0 Å². The van der Waals surface area contributed by atoms with E-state index in [0.29, 0.717) is 0 Å². The predicted molar refractivity (Wildman–Crippen MR) is 43.2 cm³/mol. The summed E-state index contributed by atoms with van der Waals surface area (Å²) in [5.41, 5.74) is -4.29. The molecule has 2 N–H and O–H groups in total. The van der Waals surface area contributed by atoms with Crippen molar-refractivity contribution in [1.82, 2.24) is 0 Å². The van der Waals surface area contributed by atoms with Gasteiger partial charge in [0.15, 0.2) is 5.60 Å². The third-order valence-electron chi connectivity index (χ3n) is 1.42. The first-order valence-corrected chi connectivity index (χ1v) is 3.86. The molecular formula is C6H6Cl2F2O3. The Balaban J connectivity index is 5.07. The van der Waals surface area contributed by atoms with Crippen LogP contribution in [0.25, 0.3) is 0 Å². The molecule has 0 aliphatic carbocycles. The molecule has 0 aromatic rings. The number of aliphatic hydroxyl groups is 1. The van der Waals surface area contributed by atoms with Crippen molar-refractivity contribution >= 4 is 29.2 Å². The van der Waals surface area contributed by atoms with E-state index in [1.54, 1.807) is 0 Å². The molecule has 0 aromatic carbocycles. The molecule has 0 bridgehead atoms. The van der Waals surface area contributed by atoms with Crippen LogP contribution in [-0.2, 0) is 4.79 Å². The fraction of sp³-hybridized carbons (Fsp3) is 0.500. The Bertz CT molecular complexity index is 239. The maximum Gasteiger partial charge on any atom is 0.355 e. The van der Waals surface area contributed by atoms with Crippen LogP contribution in [0.3, 0.4) is 0 Å².